The van der Waals surface area contributed by atoms with Gasteiger partial charge in [0.25, 0.3) is 5.91 Å². The molecule has 8 nitrogen and oxygen atoms in total. The first-order valence-corrected chi connectivity index (χ1v) is 4.77. The molecule has 1 aromatic heterocycles. The van der Waals surface area contributed by atoms with Crippen molar-refractivity contribution in [1.82, 2.24) is 9.88 Å². The number of carboxylic acid groups (broad SMARTS) is 2. The van der Waals surface area contributed by atoms with Crippen molar-refractivity contribution in [2.24, 2.45) is 0 Å². The van der Waals surface area contributed by atoms with Crippen LogP contribution in [0.2, 0.25) is 0 Å². The fraction of sp³-hybridized carbons (Fsp3) is 0.200. The van der Waals surface area contributed by atoms with Crippen LogP contribution in [0, 0.1) is 0 Å². The van der Waals surface area contributed by atoms with Crippen LogP contribution in [0.1, 0.15) is 10.4 Å². The topological polar surface area (TPSA) is 128 Å². The number of pyridine rings is 1. The van der Waals surface area contributed by atoms with Crippen LogP contribution in [0.4, 0.5) is 0 Å². The zero-order valence-corrected chi connectivity index (χ0v) is 9.11. The molecule has 0 aromatic carbocycles. The van der Waals surface area contributed by atoms with E-state index in [1.165, 1.54) is 12.3 Å². The van der Waals surface area contributed by atoms with E-state index in [1.54, 1.807) is 0 Å². The van der Waals surface area contributed by atoms with Crippen LogP contribution in [-0.2, 0) is 9.59 Å². The fourth-order valence-corrected chi connectivity index (χ4v) is 1.26. The summed E-state index contributed by atoms with van der Waals surface area (Å²) in [6.45, 7) is -1.54. The first kappa shape index (κ1) is 13.4. The van der Waals surface area contributed by atoms with E-state index >= 15 is 0 Å². The molecule has 1 heterocycles. The van der Waals surface area contributed by atoms with E-state index in [2.05, 4.69) is 4.98 Å². The van der Waals surface area contributed by atoms with Crippen LogP contribution in [0.3, 0.4) is 0 Å². The lowest BCUT2D eigenvalue weighted by Crippen LogP contribution is -2.39. The first-order valence-electron chi connectivity index (χ1n) is 4.77. The monoisotopic (exact) mass is 254 g/mol. The van der Waals surface area contributed by atoms with Gasteiger partial charge in [0, 0.05) is 6.20 Å². The molecular weight excluding hydrogens is 244 g/mol. The van der Waals surface area contributed by atoms with Crippen LogP contribution >= 0.6 is 0 Å². The molecule has 1 amide bonds. The molecular formula is C10H10N2O6. The van der Waals surface area contributed by atoms with Crippen LogP contribution in [0.5, 0.6) is 5.75 Å². The Morgan fingerprint density at radius 2 is 1.72 bits per heavy atom. The van der Waals surface area contributed by atoms with Gasteiger partial charge in [-0.1, -0.05) is 0 Å². The summed E-state index contributed by atoms with van der Waals surface area (Å²) in [7, 11) is 0. The van der Waals surface area contributed by atoms with Gasteiger partial charge >= 0.3 is 11.9 Å². The predicted molar refractivity (Wildman–Crippen MR) is 57.1 cm³/mol. The molecule has 0 atom stereocenters. The minimum absolute atomic E-state index is 0.201. The molecule has 0 saturated heterocycles. The number of hydrogen-bond donors (Lipinski definition) is 3. The molecule has 0 unspecified atom stereocenters. The zero-order valence-electron chi connectivity index (χ0n) is 9.11. The van der Waals surface area contributed by atoms with Crippen molar-refractivity contribution in [2.45, 2.75) is 0 Å². The number of carbonyl (C=O) groups excluding carboxylic acids is 1. The molecule has 0 saturated carbocycles. The summed E-state index contributed by atoms with van der Waals surface area (Å²) in [4.78, 5) is 37.1. The van der Waals surface area contributed by atoms with E-state index in [1.807, 2.05) is 0 Å². The molecule has 0 aliphatic rings. The van der Waals surface area contributed by atoms with Gasteiger partial charge in [-0.05, 0) is 6.07 Å². The van der Waals surface area contributed by atoms with Gasteiger partial charge in [0.1, 0.15) is 18.8 Å². The van der Waals surface area contributed by atoms with Gasteiger partial charge in [0.2, 0.25) is 0 Å². The number of aromatic hydroxyl groups is 1. The van der Waals surface area contributed by atoms with Gasteiger partial charge < -0.3 is 20.2 Å². The number of carboxylic acids is 2. The van der Waals surface area contributed by atoms with Crippen molar-refractivity contribution in [3.05, 3.63) is 24.0 Å². The number of nitrogens with zero attached hydrogens (tertiary/aromatic N) is 2. The quantitative estimate of drug-likeness (QED) is 0.639. The SMILES string of the molecule is O=C(O)CN(CC(=O)O)C(=O)c1ccncc1O. The maximum atomic E-state index is 11.8. The first-order chi connectivity index (χ1) is 8.41. The fourth-order valence-electron chi connectivity index (χ4n) is 1.26. The van der Waals surface area contributed by atoms with Gasteiger partial charge in [0.05, 0.1) is 11.8 Å². The van der Waals surface area contributed by atoms with Gasteiger partial charge in [-0.3, -0.25) is 19.4 Å². The maximum absolute atomic E-state index is 11.8. The molecule has 3 N–H and O–H groups in total. The van der Waals surface area contributed by atoms with Crippen LogP contribution in [0.15, 0.2) is 18.5 Å². The normalized spacial score (nSPS) is 9.78. The van der Waals surface area contributed by atoms with Crippen molar-refractivity contribution < 1.29 is 29.7 Å². The Labute approximate surface area is 101 Å². The molecule has 0 spiro atoms. The molecule has 0 aliphatic carbocycles. The van der Waals surface area contributed by atoms with Gasteiger partial charge in [-0.25, -0.2) is 0 Å². The Balaban J connectivity index is 2.98. The van der Waals surface area contributed by atoms with E-state index in [0.717, 1.165) is 6.20 Å². The molecule has 0 bridgehead atoms. The highest BCUT2D eigenvalue weighted by Gasteiger charge is 2.23. The van der Waals surface area contributed by atoms with Crippen LogP contribution in [0.25, 0.3) is 0 Å². The highest BCUT2D eigenvalue weighted by atomic mass is 16.4. The summed E-state index contributed by atoms with van der Waals surface area (Å²) in [5.74, 6) is -4.03. The summed E-state index contributed by atoms with van der Waals surface area (Å²) in [5.41, 5.74) is -0.201. The van der Waals surface area contributed by atoms with E-state index in [-0.39, 0.29) is 5.56 Å². The lowest BCUT2D eigenvalue weighted by molar-refractivity contribution is -0.140. The Morgan fingerprint density at radius 3 is 2.17 bits per heavy atom. The molecule has 8 heteroatoms. The standard InChI is InChI=1S/C10H10N2O6/c13-7-3-11-2-1-6(7)10(18)12(4-8(14)15)5-9(16)17/h1-3,13H,4-5H2,(H,14,15)(H,16,17). The molecule has 1 rings (SSSR count). The van der Waals surface area contributed by atoms with Gasteiger partial charge in [0.15, 0.2) is 0 Å². The highest BCUT2D eigenvalue weighted by Crippen LogP contribution is 2.16. The third-order valence-electron chi connectivity index (χ3n) is 1.97. The molecule has 96 valence electrons. The largest absolute Gasteiger partial charge is 0.505 e. The Hall–Kier alpha value is -2.64. The Morgan fingerprint density at radius 1 is 1.17 bits per heavy atom. The summed E-state index contributed by atoms with van der Waals surface area (Å²) >= 11 is 0. The second-order valence-corrected chi connectivity index (χ2v) is 3.34. The molecule has 0 radical (unpaired) electrons. The third-order valence-corrected chi connectivity index (χ3v) is 1.97. The number of aromatic nitrogens is 1. The number of rotatable bonds is 5. The minimum Gasteiger partial charge on any atom is -0.505 e. The second-order valence-electron chi connectivity index (χ2n) is 3.34. The third kappa shape index (κ3) is 3.44. The predicted octanol–water partition coefficient (Wildman–Crippen LogP) is -0.601. The van der Waals surface area contributed by atoms with Crippen LogP contribution < -0.4 is 0 Å². The average Bonchev–Trinajstić information content (AvgIpc) is 2.26. The Bertz CT molecular complexity index is 471. The summed E-state index contributed by atoms with van der Waals surface area (Å²) in [5, 5.41) is 26.6. The number of hydrogen-bond acceptors (Lipinski definition) is 5. The number of aliphatic carboxylic acids is 2. The Kier molecular flexibility index (Phi) is 4.19. The molecule has 18 heavy (non-hydrogen) atoms. The summed E-state index contributed by atoms with van der Waals surface area (Å²) < 4.78 is 0. The molecule has 1 aromatic rings. The number of amides is 1. The van der Waals surface area contributed by atoms with E-state index in [4.69, 9.17) is 10.2 Å². The minimum atomic E-state index is -1.35. The van der Waals surface area contributed by atoms with Crippen molar-refractivity contribution in [2.75, 3.05) is 13.1 Å². The van der Waals surface area contributed by atoms with E-state index in [9.17, 15) is 19.5 Å². The zero-order chi connectivity index (χ0) is 13.7. The second kappa shape index (κ2) is 5.62. The summed E-state index contributed by atoms with van der Waals surface area (Å²) in [6, 6.07) is 1.17. The maximum Gasteiger partial charge on any atom is 0.323 e. The van der Waals surface area contributed by atoms with Crippen molar-refractivity contribution in [3.63, 3.8) is 0 Å². The van der Waals surface area contributed by atoms with Crippen molar-refractivity contribution in [1.29, 1.82) is 0 Å². The molecule has 0 fully saturated rings. The number of carbonyl (C=O) groups is 3. The van der Waals surface area contributed by atoms with E-state index < -0.39 is 36.7 Å². The average molecular weight is 254 g/mol. The van der Waals surface area contributed by atoms with Crippen molar-refractivity contribution in [3.8, 4) is 5.75 Å². The molecule has 0 aliphatic heterocycles. The lowest BCUT2D eigenvalue weighted by atomic mass is 10.2. The van der Waals surface area contributed by atoms with Crippen molar-refractivity contribution >= 4 is 17.8 Å². The smallest absolute Gasteiger partial charge is 0.323 e. The lowest BCUT2D eigenvalue weighted by Gasteiger charge is -2.18. The van der Waals surface area contributed by atoms with E-state index in [0.29, 0.717) is 4.90 Å². The van der Waals surface area contributed by atoms with Crippen LogP contribution in [-0.4, -0.2) is 56.1 Å². The van der Waals surface area contributed by atoms with Gasteiger partial charge in [-0.2, -0.15) is 0 Å². The summed E-state index contributed by atoms with van der Waals surface area (Å²) in [6.07, 6.45) is 2.24. The highest BCUT2D eigenvalue weighted by molar-refractivity contribution is 5.99. The van der Waals surface area contributed by atoms with Gasteiger partial charge in [-0.15, -0.1) is 0 Å².